The van der Waals surface area contributed by atoms with Crippen LogP contribution in [-0.4, -0.2) is 16.5 Å². The maximum Gasteiger partial charge on any atom is 0.173 e. The summed E-state index contributed by atoms with van der Waals surface area (Å²) in [7, 11) is 0. The molecule has 0 N–H and O–H groups in total. The van der Waals surface area contributed by atoms with Crippen molar-refractivity contribution < 1.29 is 4.79 Å². The first kappa shape index (κ1) is 15.3. The van der Waals surface area contributed by atoms with Crippen molar-refractivity contribution in [2.45, 2.75) is 11.9 Å². The molecular formula is C18H14BrNOS. The van der Waals surface area contributed by atoms with Gasteiger partial charge in [0.25, 0.3) is 0 Å². The molecule has 0 fully saturated rings. The smallest absolute Gasteiger partial charge is 0.173 e. The number of thioether (sulfide) groups is 1. The quantitative estimate of drug-likeness (QED) is 0.461. The topological polar surface area (TPSA) is 30.0 Å². The maximum absolute atomic E-state index is 12.2. The number of benzene rings is 2. The van der Waals surface area contributed by atoms with Gasteiger partial charge in [-0.05, 0) is 36.8 Å². The minimum Gasteiger partial charge on any atom is -0.293 e. The monoisotopic (exact) mass is 371 g/mol. The molecule has 0 radical (unpaired) electrons. The average Bonchev–Trinajstić information content (AvgIpc) is 2.53. The Hall–Kier alpha value is -1.65. The summed E-state index contributed by atoms with van der Waals surface area (Å²) in [4.78, 5) is 16.8. The Bertz CT molecular complexity index is 830. The van der Waals surface area contributed by atoms with E-state index in [1.165, 1.54) is 17.3 Å². The second-order valence-electron chi connectivity index (χ2n) is 5.01. The largest absolute Gasteiger partial charge is 0.293 e. The number of aromatic nitrogens is 1. The molecule has 22 heavy (non-hydrogen) atoms. The van der Waals surface area contributed by atoms with Gasteiger partial charge in [0, 0.05) is 15.4 Å². The molecule has 1 aromatic heterocycles. The highest BCUT2D eigenvalue weighted by Crippen LogP contribution is 2.24. The van der Waals surface area contributed by atoms with Crippen LogP contribution in [0.4, 0.5) is 0 Å². The van der Waals surface area contributed by atoms with E-state index in [9.17, 15) is 4.79 Å². The number of hydrogen-bond donors (Lipinski definition) is 0. The van der Waals surface area contributed by atoms with Gasteiger partial charge in [-0.25, -0.2) is 4.98 Å². The Morgan fingerprint density at radius 3 is 2.64 bits per heavy atom. The number of ketones is 1. The van der Waals surface area contributed by atoms with Gasteiger partial charge < -0.3 is 0 Å². The molecule has 0 aliphatic rings. The molecule has 0 saturated carbocycles. The van der Waals surface area contributed by atoms with E-state index in [4.69, 9.17) is 0 Å². The van der Waals surface area contributed by atoms with Crippen LogP contribution in [0, 0.1) is 6.92 Å². The minimum atomic E-state index is 0.116. The highest BCUT2D eigenvalue weighted by molar-refractivity contribution is 9.10. The number of rotatable bonds is 4. The fraction of sp³-hybridized carbons (Fsp3) is 0.111. The van der Waals surface area contributed by atoms with Gasteiger partial charge in [0.2, 0.25) is 0 Å². The number of para-hydroxylation sites is 1. The van der Waals surface area contributed by atoms with Crippen LogP contribution < -0.4 is 0 Å². The first-order valence-corrected chi connectivity index (χ1v) is 8.69. The lowest BCUT2D eigenvalue weighted by Crippen LogP contribution is -2.02. The Kier molecular flexibility index (Phi) is 4.60. The van der Waals surface area contributed by atoms with Crippen molar-refractivity contribution in [2.75, 3.05) is 5.75 Å². The van der Waals surface area contributed by atoms with Crippen molar-refractivity contribution >= 4 is 44.4 Å². The molecule has 0 saturated heterocycles. The molecule has 0 bridgehead atoms. The molecule has 0 unspecified atom stereocenters. The van der Waals surface area contributed by atoms with Crippen LogP contribution in [0.3, 0.4) is 0 Å². The number of carbonyl (C=O) groups is 1. The van der Waals surface area contributed by atoms with Gasteiger partial charge >= 0.3 is 0 Å². The lowest BCUT2D eigenvalue weighted by Gasteiger charge is -2.06. The fourth-order valence-corrected chi connectivity index (χ4v) is 3.38. The number of halogens is 1. The molecule has 0 spiro atoms. The zero-order valence-electron chi connectivity index (χ0n) is 12.0. The molecule has 110 valence electrons. The first-order valence-electron chi connectivity index (χ1n) is 6.91. The van der Waals surface area contributed by atoms with Gasteiger partial charge in [-0.1, -0.05) is 58.0 Å². The Morgan fingerprint density at radius 1 is 1.14 bits per heavy atom. The number of hydrogen-bond acceptors (Lipinski definition) is 3. The summed E-state index contributed by atoms with van der Waals surface area (Å²) in [5.41, 5.74) is 2.89. The number of Topliss-reactive ketones (excluding diaryl/α,β-unsaturated/α-hetero) is 1. The fourth-order valence-electron chi connectivity index (χ4n) is 2.25. The van der Waals surface area contributed by atoms with Gasteiger partial charge in [-0.3, -0.25) is 4.79 Å². The summed E-state index contributed by atoms with van der Waals surface area (Å²) in [5, 5.41) is 2.05. The van der Waals surface area contributed by atoms with Crippen molar-refractivity contribution in [1.82, 2.24) is 4.98 Å². The Balaban J connectivity index is 1.76. The molecule has 0 aliphatic heterocycles. The van der Waals surface area contributed by atoms with E-state index in [-0.39, 0.29) is 5.78 Å². The van der Waals surface area contributed by atoms with Gasteiger partial charge in [0.05, 0.1) is 16.3 Å². The van der Waals surface area contributed by atoms with Crippen LogP contribution in [-0.2, 0) is 0 Å². The lowest BCUT2D eigenvalue weighted by molar-refractivity contribution is 0.102. The summed E-state index contributed by atoms with van der Waals surface area (Å²) in [6.45, 7) is 2.07. The number of carbonyl (C=O) groups excluding carboxylic acids is 1. The number of fused-ring (bicyclic) bond motifs is 1. The van der Waals surface area contributed by atoms with Gasteiger partial charge in [0.15, 0.2) is 5.78 Å². The molecule has 1 heterocycles. The van der Waals surface area contributed by atoms with E-state index in [1.54, 1.807) is 0 Å². The van der Waals surface area contributed by atoms with Crippen LogP contribution in [0.5, 0.6) is 0 Å². The summed E-state index contributed by atoms with van der Waals surface area (Å²) in [6.07, 6.45) is 0. The second-order valence-corrected chi connectivity index (χ2v) is 6.92. The van der Waals surface area contributed by atoms with Crippen LogP contribution >= 0.6 is 27.7 Å². The summed E-state index contributed by atoms with van der Waals surface area (Å²) < 4.78 is 0.975. The minimum absolute atomic E-state index is 0.116. The number of pyridine rings is 1. The molecule has 3 rings (SSSR count). The third-order valence-corrected chi connectivity index (χ3v) is 4.86. The van der Waals surface area contributed by atoms with E-state index in [0.29, 0.717) is 5.75 Å². The molecule has 4 heteroatoms. The van der Waals surface area contributed by atoms with Crippen molar-refractivity contribution in [3.8, 4) is 0 Å². The SMILES string of the molecule is Cc1cc(SCC(=O)c2ccc(Br)cc2)nc2ccccc12. The van der Waals surface area contributed by atoms with E-state index < -0.39 is 0 Å². The van der Waals surface area contributed by atoms with Crippen LogP contribution in [0.15, 0.2) is 64.1 Å². The van der Waals surface area contributed by atoms with Crippen LogP contribution in [0.1, 0.15) is 15.9 Å². The molecular weight excluding hydrogens is 358 g/mol. The predicted molar refractivity (Wildman–Crippen MR) is 95.7 cm³/mol. The standard InChI is InChI=1S/C18H14BrNOS/c1-12-10-18(20-16-5-3-2-4-15(12)16)22-11-17(21)13-6-8-14(19)9-7-13/h2-10H,11H2,1H3. The molecule has 0 amide bonds. The summed E-state index contributed by atoms with van der Waals surface area (Å²) in [5.74, 6) is 0.511. The molecule has 0 aliphatic carbocycles. The maximum atomic E-state index is 12.2. The molecule has 2 aromatic carbocycles. The van der Waals surface area contributed by atoms with Crippen molar-refractivity contribution in [3.05, 3.63) is 70.2 Å². The molecule has 2 nitrogen and oxygen atoms in total. The van der Waals surface area contributed by atoms with Crippen molar-refractivity contribution in [2.24, 2.45) is 0 Å². The highest BCUT2D eigenvalue weighted by atomic mass is 79.9. The van der Waals surface area contributed by atoms with Crippen LogP contribution in [0.2, 0.25) is 0 Å². The Labute approximate surface area is 142 Å². The lowest BCUT2D eigenvalue weighted by atomic mass is 10.1. The molecule has 0 atom stereocenters. The summed E-state index contributed by atoms with van der Waals surface area (Å²) in [6, 6.07) is 17.6. The number of nitrogens with zero attached hydrogens (tertiary/aromatic N) is 1. The Morgan fingerprint density at radius 2 is 1.86 bits per heavy atom. The molecule has 3 aromatic rings. The van der Waals surface area contributed by atoms with E-state index >= 15 is 0 Å². The third-order valence-electron chi connectivity index (χ3n) is 3.42. The third kappa shape index (κ3) is 3.39. The summed E-state index contributed by atoms with van der Waals surface area (Å²) >= 11 is 4.86. The first-order chi connectivity index (χ1) is 10.6. The second kappa shape index (κ2) is 6.63. The zero-order valence-corrected chi connectivity index (χ0v) is 14.4. The van der Waals surface area contributed by atoms with Gasteiger partial charge in [0.1, 0.15) is 0 Å². The van der Waals surface area contributed by atoms with E-state index in [1.807, 2.05) is 48.5 Å². The van der Waals surface area contributed by atoms with Crippen LogP contribution in [0.25, 0.3) is 10.9 Å². The van der Waals surface area contributed by atoms with Crippen molar-refractivity contribution in [3.63, 3.8) is 0 Å². The highest BCUT2D eigenvalue weighted by Gasteiger charge is 2.08. The normalized spacial score (nSPS) is 10.8. The predicted octanol–water partition coefficient (Wildman–Crippen LogP) is 5.28. The van der Waals surface area contributed by atoms with E-state index in [2.05, 4.69) is 33.9 Å². The van der Waals surface area contributed by atoms with Gasteiger partial charge in [-0.15, -0.1) is 0 Å². The van der Waals surface area contributed by atoms with Gasteiger partial charge in [-0.2, -0.15) is 0 Å². The number of aryl methyl sites for hydroxylation is 1. The average molecular weight is 372 g/mol. The van der Waals surface area contributed by atoms with Crippen molar-refractivity contribution in [1.29, 1.82) is 0 Å². The van der Waals surface area contributed by atoms with E-state index in [0.717, 1.165) is 26.0 Å². The zero-order chi connectivity index (χ0) is 15.5.